The summed E-state index contributed by atoms with van der Waals surface area (Å²) in [5.41, 5.74) is 0. The molecule has 0 aromatic rings. The van der Waals surface area contributed by atoms with Crippen LogP contribution >= 0.6 is 7.60 Å². The molecule has 0 saturated heterocycles. The minimum Gasteiger partial charge on any atom is -0.481 e. The van der Waals surface area contributed by atoms with Crippen molar-refractivity contribution < 1.29 is 23.5 Å². The predicted molar refractivity (Wildman–Crippen MR) is 52.6 cm³/mol. The van der Waals surface area contributed by atoms with Crippen LogP contribution in [0, 0.1) is 0 Å². The first-order valence-electron chi connectivity index (χ1n) is 4.55. The second kappa shape index (κ2) is 6.98. The second-order valence-electron chi connectivity index (χ2n) is 2.79. The Morgan fingerprint density at radius 2 is 2.07 bits per heavy atom. The number of carboxylic acids is 1. The highest BCUT2D eigenvalue weighted by molar-refractivity contribution is 7.53. The Kier molecular flexibility index (Phi) is 6.79. The first-order valence-corrected chi connectivity index (χ1v) is 6.28. The molecule has 5 nitrogen and oxygen atoms in total. The van der Waals surface area contributed by atoms with Crippen LogP contribution in [0.25, 0.3) is 0 Å². The van der Waals surface area contributed by atoms with Crippen molar-refractivity contribution in [1.82, 2.24) is 0 Å². The zero-order valence-electron chi connectivity index (χ0n) is 8.56. The molecule has 84 valence electrons. The molecule has 0 aromatic heterocycles. The minimum atomic E-state index is -2.95. The number of rotatable bonds is 8. The third kappa shape index (κ3) is 6.13. The Balaban J connectivity index is 3.73. The van der Waals surface area contributed by atoms with Crippen LogP contribution in [0.3, 0.4) is 0 Å². The van der Waals surface area contributed by atoms with Crippen molar-refractivity contribution in [3.05, 3.63) is 0 Å². The minimum absolute atomic E-state index is 0.0931. The molecule has 0 spiro atoms. The summed E-state index contributed by atoms with van der Waals surface area (Å²) in [6.07, 6.45) is 1.41. The van der Waals surface area contributed by atoms with E-state index >= 15 is 0 Å². The van der Waals surface area contributed by atoms with Gasteiger partial charge in [0, 0.05) is 13.5 Å². The third-order valence-electron chi connectivity index (χ3n) is 1.68. The number of unbranched alkanes of at least 4 members (excludes halogenated alkanes) is 1. The monoisotopic (exact) mass is 224 g/mol. The molecule has 0 aliphatic heterocycles. The summed E-state index contributed by atoms with van der Waals surface area (Å²) >= 11 is 0. The van der Waals surface area contributed by atoms with E-state index in [1.807, 2.05) is 0 Å². The Morgan fingerprint density at radius 1 is 1.43 bits per heavy atom. The van der Waals surface area contributed by atoms with Gasteiger partial charge in [0.25, 0.3) is 0 Å². The van der Waals surface area contributed by atoms with E-state index in [-0.39, 0.29) is 12.6 Å². The smallest absolute Gasteiger partial charge is 0.330 e. The van der Waals surface area contributed by atoms with Gasteiger partial charge in [-0.2, -0.15) is 0 Å². The van der Waals surface area contributed by atoms with Gasteiger partial charge in [-0.15, -0.1) is 0 Å². The molecule has 1 atom stereocenters. The van der Waals surface area contributed by atoms with Gasteiger partial charge in [0.15, 0.2) is 0 Å². The molecule has 0 amide bonds. The molecule has 0 aliphatic rings. The fourth-order valence-corrected chi connectivity index (χ4v) is 2.41. The highest BCUT2D eigenvalue weighted by Crippen LogP contribution is 2.47. The molecular formula is C8H17O5P. The van der Waals surface area contributed by atoms with Gasteiger partial charge in [-0.3, -0.25) is 9.36 Å². The van der Waals surface area contributed by atoms with Crippen LogP contribution in [-0.4, -0.2) is 31.0 Å². The summed E-state index contributed by atoms with van der Waals surface area (Å²) in [5, 5.41) is 8.37. The van der Waals surface area contributed by atoms with Crippen molar-refractivity contribution in [2.24, 2.45) is 0 Å². The van der Waals surface area contributed by atoms with Crippen LogP contribution in [-0.2, 0) is 18.4 Å². The molecular weight excluding hydrogens is 207 g/mol. The van der Waals surface area contributed by atoms with Gasteiger partial charge in [-0.05, 0) is 19.8 Å². The third-order valence-corrected chi connectivity index (χ3v) is 3.75. The topological polar surface area (TPSA) is 72.8 Å². The molecule has 0 heterocycles. The van der Waals surface area contributed by atoms with E-state index in [4.69, 9.17) is 14.2 Å². The van der Waals surface area contributed by atoms with Crippen LogP contribution in [0.2, 0.25) is 0 Å². The van der Waals surface area contributed by atoms with E-state index in [1.54, 1.807) is 6.92 Å². The summed E-state index contributed by atoms with van der Waals surface area (Å²) in [7, 11) is -1.61. The number of hydrogen-bond donors (Lipinski definition) is 1. The van der Waals surface area contributed by atoms with Crippen molar-refractivity contribution in [3.8, 4) is 0 Å². The van der Waals surface area contributed by atoms with Crippen LogP contribution in [0.4, 0.5) is 0 Å². The van der Waals surface area contributed by atoms with E-state index in [0.29, 0.717) is 19.4 Å². The van der Waals surface area contributed by atoms with Gasteiger partial charge < -0.3 is 14.2 Å². The number of carboxylic acid groups (broad SMARTS) is 1. The summed E-state index contributed by atoms with van der Waals surface area (Å²) in [5.74, 6) is -0.839. The maximum atomic E-state index is 11.6. The largest absolute Gasteiger partial charge is 0.481 e. The molecule has 0 radical (unpaired) electrons. The van der Waals surface area contributed by atoms with Gasteiger partial charge in [0.2, 0.25) is 0 Å². The highest BCUT2D eigenvalue weighted by atomic mass is 31.2. The summed E-state index contributed by atoms with van der Waals surface area (Å²) in [4.78, 5) is 10.2. The highest BCUT2D eigenvalue weighted by Gasteiger charge is 2.21. The fraction of sp³-hybridized carbons (Fsp3) is 0.875. The van der Waals surface area contributed by atoms with E-state index in [9.17, 15) is 9.36 Å². The maximum Gasteiger partial charge on any atom is 0.330 e. The second-order valence-corrected chi connectivity index (χ2v) is 5.08. The van der Waals surface area contributed by atoms with E-state index < -0.39 is 13.6 Å². The summed E-state index contributed by atoms with van der Waals surface area (Å²) < 4.78 is 21.4. The zero-order chi connectivity index (χ0) is 11.0. The Bertz CT molecular complexity index is 216. The molecule has 14 heavy (non-hydrogen) atoms. The average Bonchev–Trinajstić information content (AvgIpc) is 2.13. The molecule has 0 fully saturated rings. The number of hydrogen-bond acceptors (Lipinski definition) is 4. The van der Waals surface area contributed by atoms with Gasteiger partial charge in [0.1, 0.15) is 0 Å². The molecule has 0 rings (SSSR count). The predicted octanol–water partition coefficient (Wildman–Crippen LogP) is 2.12. The Hall–Kier alpha value is -0.380. The lowest BCUT2D eigenvalue weighted by Crippen LogP contribution is -2.00. The maximum absolute atomic E-state index is 11.6. The lowest BCUT2D eigenvalue weighted by atomic mass is 10.2. The fourth-order valence-electron chi connectivity index (χ4n) is 0.987. The van der Waals surface area contributed by atoms with E-state index in [0.717, 1.165) is 0 Å². The molecule has 0 aromatic carbocycles. The van der Waals surface area contributed by atoms with Gasteiger partial charge in [-0.25, -0.2) is 0 Å². The number of carbonyl (C=O) groups is 1. The van der Waals surface area contributed by atoms with Crippen molar-refractivity contribution in [3.63, 3.8) is 0 Å². The molecule has 0 bridgehead atoms. The van der Waals surface area contributed by atoms with Crippen molar-refractivity contribution in [2.75, 3.05) is 19.9 Å². The first-order chi connectivity index (χ1) is 6.54. The zero-order valence-corrected chi connectivity index (χ0v) is 9.46. The molecule has 1 unspecified atom stereocenters. The van der Waals surface area contributed by atoms with Crippen LogP contribution in [0.15, 0.2) is 0 Å². The van der Waals surface area contributed by atoms with Crippen LogP contribution in [0.1, 0.15) is 26.2 Å². The standard InChI is InChI=1S/C8H17O5P/c1-3-13-14(11,12-2)7-5-4-6-8(9)10/h3-7H2,1-2H3,(H,9,10). The summed E-state index contributed by atoms with van der Waals surface area (Å²) in [6, 6.07) is 0. The van der Waals surface area contributed by atoms with Crippen molar-refractivity contribution >= 4 is 13.6 Å². The SMILES string of the molecule is CCOP(=O)(CCCCC(=O)O)OC. The Labute approximate surface area is 83.9 Å². The van der Waals surface area contributed by atoms with Crippen LogP contribution in [0.5, 0.6) is 0 Å². The molecule has 0 aliphatic carbocycles. The quantitative estimate of drug-likeness (QED) is 0.505. The van der Waals surface area contributed by atoms with Crippen LogP contribution < -0.4 is 0 Å². The lowest BCUT2D eigenvalue weighted by Gasteiger charge is -2.14. The molecule has 1 N–H and O–H groups in total. The van der Waals surface area contributed by atoms with E-state index in [2.05, 4.69) is 0 Å². The van der Waals surface area contributed by atoms with Gasteiger partial charge >= 0.3 is 13.6 Å². The van der Waals surface area contributed by atoms with Gasteiger partial charge in [-0.1, -0.05) is 0 Å². The Morgan fingerprint density at radius 3 is 2.50 bits per heavy atom. The molecule has 6 heteroatoms. The first kappa shape index (κ1) is 13.6. The van der Waals surface area contributed by atoms with E-state index in [1.165, 1.54) is 7.11 Å². The van der Waals surface area contributed by atoms with Crippen molar-refractivity contribution in [2.45, 2.75) is 26.2 Å². The molecule has 0 saturated carbocycles. The normalized spacial score (nSPS) is 15.0. The summed E-state index contributed by atoms with van der Waals surface area (Å²) in [6.45, 7) is 2.08. The lowest BCUT2D eigenvalue weighted by molar-refractivity contribution is -0.137. The van der Waals surface area contributed by atoms with Gasteiger partial charge in [0.05, 0.1) is 12.8 Å². The van der Waals surface area contributed by atoms with Crippen molar-refractivity contribution in [1.29, 1.82) is 0 Å². The number of aliphatic carboxylic acids is 1. The average molecular weight is 224 g/mol.